The number of rotatable bonds is 3. The summed E-state index contributed by atoms with van der Waals surface area (Å²) in [6, 6.07) is 5.50. The molecule has 0 aliphatic carbocycles. The Morgan fingerprint density at radius 1 is 1.53 bits per heavy atom. The highest BCUT2D eigenvalue weighted by atomic mass is 32.1. The molecule has 0 spiro atoms. The third-order valence-corrected chi connectivity index (χ3v) is 3.03. The van der Waals surface area contributed by atoms with E-state index in [-0.39, 0.29) is 5.91 Å². The smallest absolute Gasteiger partial charge is 0.269 e. The molecule has 0 unspecified atom stereocenters. The molecule has 88 valence electrons. The molecule has 1 amide bonds. The summed E-state index contributed by atoms with van der Waals surface area (Å²) in [5.74, 6) is -0.219. The van der Waals surface area contributed by atoms with Crippen molar-refractivity contribution in [2.24, 2.45) is 0 Å². The molecule has 0 radical (unpaired) electrons. The molecule has 5 nitrogen and oxygen atoms in total. The summed E-state index contributed by atoms with van der Waals surface area (Å²) in [5.41, 5.74) is 8.29. The number of hydrogen-bond donors (Lipinski definition) is 2. The minimum Gasteiger partial charge on any atom is -0.398 e. The molecule has 0 fully saturated rings. The van der Waals surface area contributed by atoms with E-state index < -0.39 is 0 Å². The maximum Gasteiger partial charge on any atom is 0.269 e. The quantitative estimate of drug-likeness (QED) is 0.813. The summed E-state index contributed by atoms with van der Waals surface area (Å²) in [6.07, 6.45) is 2.31. The number of nitrogens with one attached hydrogen (secondary N) is 1. The van der Waals surface area contributed by atoms with Crippen LogP contribution >= 0.6 is 11.5 Å². The van der Waals surface area contributed by atoms with Crippen molar-refractivity contribution in [3.8, 4) is 0 Å². The monoisotopic (exact) mass is 248 g/mol. The normalized spacial score (nSPS) is 10.2. The van der Waals surface area contributed by atoms with Crippen LogP contribution in [0.5, 0.6) is 0 Å². The van der Waals surface area contributed by atoms with Crippen LogP contribution in [0.4, 0.5) is 11.4 Å². The number of nitrogens with zero attached hydrogens (tertiary/aromatic N) is 2. The second-order valence-electron chi connectivity index (χ2n) is 3.50. The fraction of sp³-hybridized carbons (Fsp3) is 0.182. The summed E-state index contributed by atoms with van der Waals surface area (Å²) in [4.78, 5) is 12.2. The molecular formula is C11H12N4OS. The highest BCUT2D eigenvalue weighted by molar-refractivity contribution is 7.07. The number of aryl methyl sites for hydroxylation is 1. The summed E-state index contributed by atoms with van der Waals surface area (Å²) in [7, 11) is 0. The number of hydrogen-bond acceptors (Lipinski definition) is 5. The van der Waals surface area contributed by atoms with Crippen LogP contribution < -0.4 is 11.1 Å². The molecule has 0 aliphatic rings. The molecule has 2 aromatic rings. The zero-order valence-electron chi connectivity index (χ0n) is 9.30. The number of anilines is 2. The van der Waals surface area contributed by atoms with E-state index in [1.54, 1.807) is 6.07 Å². The number of nitrogen functional groups attached to an aromatic ring is 1. The fourth-order valence-corrected chi connectivity index (χ4v) is 1.87. The van der Waals surface area contributed by atoms with Gasteiger partial charge in [0.05, 0.1) is 6.20 Å². The summed E-state index contributed by atoms with van der Waals surface area (Å²) < 4.78 is 3.64. The third kappa shape index (κ3) is 2.59. The minimum absolute atomic E-state index is 0.219. The standard InChI is InChI=1S/C11H12N4OS/c1-2-7-3-4-8(5-9(7)12)14-11(16)10-6-13-15-17-10/h3-6H,2,12H2,1H3,(H,14,16). The summed E-state index contributed by atoms with van der Waals surface area (Å²) in [5, 5.41) is 6.36. The predicted molar refractivity (Wildman–Crippen MR) is 68.1 cm³/mol. The van der Waals surface area contributed by atoms with E-state index >= 15 is 0 Å². The van der Waals surface area contributed by atoms with Gasteiger partial charge in [-0.05, 0) is 35.6 Å². The first kappa shape index (κ1) is 11.5. The van der Waals surface area contributed by atoms with E-state index in [0.29, 0.717) is 16.3 Å². The zero-order valence-corrected chi connectivity index (χ0v) is 10.1. The average molecular weight is 248 g/mol. The zero-order chi connectivity index (χ0) is 12.3. The lowest BCUT2D eigenvalue weighted by Crippen LogP contribution is -2.10. The van der Waals surface area contributed by atoms with Gasteiger partial charge in [-0.15, -0.1) is 5.10 Å². The van der Waals surface area contributed by atoms with Crippen LogP contribution in [0.3, 0.4) is 0 Å². The summed E-state index contributed by atoms with van der Waals surface area (Å²) in [6.45, 7) is 2.03. The van der Waals surface area contributed by atoms with Crippen molar-refractivity contribution >= 4 is 28.8 Å². The van der Waals surface area contributed by atoms with Crippen LogP contribution in [-0.2, 0) is 6.42 Å². The minimum atomic E-state index is -0.219. The number of carbonyl (C=O) groups excluding carboxylic acids is 1. The van der Waals surface area contributed by atoms with E-state index in [9.17, 15) is 4.79 Å². The van der Waals surface area contributed by atoms with Crippen LogP contribution in [0.2, 0.25) is 0 Å². The van der Waals surface area contributed by atoms with Gasteiger partial charge in [0.2, 0.25) is 0 Å². The van der Waals surface area contributed by atoms with Gasteiger partial charge < -0.3 is 11.1 Å². The average Bonchev–Trinajstić information content (AvgIpc) is 2.82. The van der Waals surface area contributed by atoms with Gasteiger partial charge in [0, 0.05) is 11.4 Å². The topological polar surface area (TPSA) is 80.9 Å². The Bertz CT molecular complexity index is 524. The SMILES string of the molecule is CCc1ccc(NC(=O)c2cnns2)cc1N. The molecule has 17 heavy (non-hydrogen) atoms. The number of amides is 1. The maximum absolute atomic E-state index is 11.7. The largest absolute Gasteiger partial charge is 0.398 e. The van der Waals surface area contributed by atoms with Gasteiger partial charge in [-0.3, -0.25) is 4.79 Å². The Balaban J connectivity index is 2.14. The molecule has 0 aliphatic heterocycles. The highest BCUT2D eigenvalue weighted by Crippen LogP contribution is 2.19. The molecule has 1 aromatic heterocycles. The van der Waals surface area contributed by atoms with Crippen LogP contribution in [0, 0.1) is 0 Å². The molecule has 0 bridgehead atoms. The molecule has 0 saturated carbocycles. The Morgan fingerprint density at radius 3 is 2.94 bits per heavy atom. The van der Waals surface area contributed by atoms with Gasteiger partial charge in [0.1, 0.15) is 4.88 Å². The van der Waals surface area contributed by atoms with E-state index in [1.165, 1.54) is 6.20 Å². The highest BCUT2D eigenvalue weighted by Gasteiger charge is 2.09. The van der Waals surface area contributed by atoms with E-state index in [2.05, 4.69) is 14.9 Å². The molecule has 1 heterocycles. The van der Waals surface area contributed by atoms with E-state index in [4.69, 9.17) is 5.73 Å². The maximum atomic E-state index is 11.7. The number of carbonyl (C=O) groups is 1. The van der Waals surface area contributed by atoms with Gasteiger partial charge in [0.25, 0.3) is 5.91 Å². The lowest BCUT2D eigenvalue weighted by Gasteiger charge is -2.07. The number of benzene rings is 1. The van der Waals surface area contributed by atoms with Gasteiger partial charge in [-0.25, -0.2) is 0 Å². The first-order chi connectivity index (χ1) is 8.20. The van der Waals surface area contributed by atoms with Crippen molar-refractivity contribution in [3.63, 3.8) is 0 Å². The molecular weight excluding hydrogens is 236 g/mol. The first-order valence-electron chi connectivity index (χ1n) is 5.18. The van der Waals surface area contributed by atoms with Crippen molar-refractivity contribution in [1.82, 2.24) is 9.59 Å². The molecule has 2 rings (SSSR count). The Labute approximate surface area is 103 Å². The molecule has 3 N–H and O–H groups in total. The van der Waals surface area contributed by atoms with Gasteiger partial charge in [0.15, 0.2) is 0 Å². The molecule has 0 saturated heterocycles. The van der Waals surface area contributed by atoms with Crippen LogP contribution in [0.15, 0.2) is 24.4 Å². The van der Waals surface area contributed by atoms with Gasteiger partial charge >= 0.3 is 0 Å². The van der Waals surface area contributed by atoms with Gasteiger partial charge in [-0.1, -0.05) is 17.5 Å². The molecule has 6 heteroatoms. The van der Waals surface area contributed by atoms with Crippen molar-refractivity contribution in [1.29, 1.82) is 0 Å². The fourth-order valence-electron chi connectivity index (χ4n) is 1.45. The van der Waals surface area contributed by atoms with Crippen LogP contribution in [0.1, 0.15) is 22.2 Å². The van der Waals surface area contributed by atoms with E-state index in [1.807, 2.05) is 19.1 Å². The Morgan fingerprint density at radius 2 is 2.35 bits per heavy atom. The predicted octanol–water partition coefficient (Wildman–Crippen LogP) is 1.93. The van der Waals surface area contributed by atoms with Crippen LogP contribution in [0.25, 0.3) is 0 Å². The number of nitrogens with two attached hydrogens (primary N) is 1. The van der Waals surface area contributed by atoms with Crippen molar-refractivity contribution in [3.05, 3.63) is 34.8 Å². The lowest BCUT2D eigenvalue weighted by atomic mass is 10.1. The van der Waals surface area contributed by atoms with Crippen molar-refractivity contribution < 1.29 is 4.79 Å². The molecule has 1 aromatic carbocycles. The number of aromatic nitrogens is 2. The van der Waals surface area contributed by atoms with Crippen molar-refractivity contribution in [2.75, 3.05) is 11.1 Å². The van der Waals surface area contributed by atoms with E-state index in [0.717, 1.165) is 23.5 Å². The van der Waals surface area contributed by atoms with Crippen molar-refractivity contribution in [2.45, 2.75) is 13.3 Å². The lowest BCUT2D eigenvalue weighted by molar-refractivity contribution is 0.103. The Kier molecular flexibility index (Phi) is 3.34. The molecule has 0 atom stereocenters. The second kappa shape index (κ2) is 4.92. The third-order valence-electron chi connectivity index (χ3n) is 2.37. The second-order valence-corrected chi connectivity index (χ2v) is 4.29. The Hall–Kier alpha value is -1.95. The van der Waals surface area contributed by atoms with Crippen LogP contribution in [-0.4, -0.2) is 15.5 Å². The summed E-state index contributed by atoms with van der Waals surface area (Å²) >= 11 is 1.06. The first-order valence-corrected chi connectivity index (χ1v) is 5.95. The van der Waals surface area contributed by atoms with Gasteiger partial charge in [-0.2, -0.15) is 0 Å².